The molecule has 2 rings (SSSR count). The van der Waals surface area contributed by atoms with Gasteiger partial charge in [0, 0.05) is 10.6 Å². The molecule has 0 heterocycles. The molecule has 100 valence electrons. The van der Waals surface area contributed by atoms with Gasteiger partial charge in [-0.05, 0) is 30.2 Å². The fraction of sp³-hybridized carbons (Fsp3) is 0.200. The summed E-state index contributed by atoms with van der Waals surface area (Å²) in [5, 5.41) is 0.622. The van der Waals surface area contributed by atoms with Crippen molar-refractivity contribution in [3.05, 3.63) is 63.9 Å². The molecule has 0 fully saturated rings. The van der Waals surface area contributed by atoms with Crippen molar-refractivity contribution >= 4 is 11.6 Å². The lowest BCUT2D eigenvalue weighted by molar-refractivity contribution is 0.383. The molecule has 2 N–H and O–H groups in total. The van der Waals surface area contributed by atoms with Crippen LogP contribution < -0.4 is 10.5 Å². The van der Waals surface area contributed by atoms with Crippen LogP contribution in [0.4, 0.5) is 4.39 Å². The van der Waals surface area contributed by atoms with E-state index in [-0.39, 0.29) is 5.75 Å². The molecule has 1 atom stereocenters. The van der Waals surface area contributed by atoms with Crippen molar-refractivity contribution in [2.45, 2.75) is 13.0 Å². The van der Waals surface area contributed by atoms with Gasteiger partial charge in [-0.1, -0.05) is 35.9 Å². The Morgan fingerprint density at radius 2 is 2.00 bits per heavy atom. The SMILES string of the molecule is COc1cccc(C(N)c2ccc(C)c(Cl)c2)c1F. The summed E-state index contributed by atoms with van der Waals surface area (Å²) in [4.78, 5) is 0. The molecule has 0 saturated heterocycles. The van der Waals surface area contributed by atoms with Gasteiger partial charge in [-0.25, -0.2) is 4.39 Å². The fourth-order valence-electron chi connectivity index (χ4n) is 1.91. The van der Waals surface area contributed by atoms with E-state index in [0.717, 1.165) is 11.1 Å². The third-order valence-electron chi connectivity index (χ3n) is 3.10. The van der Waals surface area contributed by atoms with Gasteiger partial charge in [0.15, 0.2) is 11.6 Å². The van der Waals surface area contributed by atoms with E-state index < -0.39 is 11.9 Å². The Bertz CT molecular complexity index is 601. The first kappa shape index (κ1) is 13.8. The Morgan fingerprint density at radius 3 is 2.63 bits per heavy atom. The number of hydrogen-bond acceptors (Lipinski definition) is 2. The molecular weight excluding hydrogens is 265 g/mol. The number of halogens is 2. The Hall–Kier alpha value is -1.58. The van der Waals surface area contributed by atoms with Gasteiger partial charge >= 0.3 is 0 Å². The third-order valence-corrected chi connectivity index (χ3v) is 3.51. The summed E-state index contributed by atoms with van der Waals surface area (Å²) in [6.45, 7) is 1.91. The highest BCUT2D eigenvalue weighted by molar-refractivity contribution is 6.31. The van der Waals surface area contributed by atoms with Crippen molar-refractivity contribution in [1.82, 2.24) is 0 Å². The predicted molar refractivity (Wildman–Crippen MR) is 75.2 cm³/mol. The molecule has 0 spiro atoms. The lowest BCUT2D eigenvalue weighted by Crippen LogP contribution is -2.14. The lowest BCUT2D eigenvalue weighted by atomic mass is 9.98. The molecule has 4 heteroatoms. The zero-order valence-electron chi connectivity index (χ0n) is 10.8. The standard InChI is InChI=1S/C15H15ClFNO/c1-9-6-7-10(8-12(9)16)15(18)11-4-3-5-13(19-2)14(11)17/h3-8,15H,18H2,1-2H3. The first-order valence-electron chi connectivity index (χ1n) is 5.88. The Balaban J connectivity index is 2.43. The quantitative estimate of drug-likeness (QED) is 0.926. The van der Waals surface area contributed by atoms with E-state index in [1.165, 1.54) is 7.11 Å². The average molecular weight is 280 g/mol. The summed E-state index contributed by atoms with van der Waals surface area (Å²) < 4.78 is 19.1. The topological polar surface area (TPSA) is 35.2 Å². The van der Waals surface area contributed by atoms with Crippen molar-refractivity contribution in [2.24, 2.45) is 5.73 Å². The first-order chi connectivity index (χ1) is 9.04. The van der Waals surface area contributed by atoms with E-state index in [1.807, 2.05) is 19.1 Å². The maximum absolute atomic E-state index is 14.2. The zero-order chi connectivity index (χ0) is 14.0. The van der Waals surface area contributed by atoms with E-state index in [9.17, 15) is 4.39 Å². The van der Waals surface area contributed by atoms with Crippen LogP contribution >= 0.6 is 11.6 Å². The largest absolute Gasteiger partial charge is 0.494 e. The molecule has 19 heavy (non-hydrogen) atoms. The first-order valence-corrected chi connectivity index (χ1v) is 6.26. The molecule has 0 saturated carbocycles. The number of hydrogen-bond donors (Lipinski definition) is 1. The second-order valence-corrected chi connectivity index (χ2v) is 4.76. The van der Waals surface area contributed by atoms with Gasteiger partial charge in [0.1, 0.15) is 0 Å². The number of aryl methyl sites for hydroxylation is 1. The van der Waals surface area contributed by atoms with Gasteiger partial charge in [-0.15, -0.1) is 0 Å². The van der Waals surface area contributed by atoms with Crippen molar-refractivity contribution in [2.75, 3.05) is 7.11 Å². The van der Waals surface area contributed by atoms with Crippen LogP contribution in [0, 0.1) is 12.7 Å². The lowest BCUT2D eigenvalue weighted by Gasteiger charge is -2.15. The van der Waals surface area contributed by atoms with Crippen LogP contribution in [0.15, 0.2) is 36.4 Å². The molecule has 0 radical (unpaired) electrons. The van der Waals surface area contributed by atoms with E-state index >= 15 is 0 Å². The molecule has 2 aromatic rings. The van der Waals surface area contributed by atoms with E-state index in [2.05, 4.69) is 0 Å². The van der Waals surface area contributed by atoms with Crippen molar-refractivity contribution in [3.8, 4) is 5.75 Å². The Labute approximate surface area is 117 Å². The minimum absolute atomic E-state index is 0.186. The predicted octanol–water partition coefficient (Wildman–Crippen LogP) is 3.84. The summed E-state index contributed by atoms with van der Waals surface area (Å²) in [6.07, 6.45) is 0. The van der Waals surface area contributed by atoms with Crippen LogP contribution in [0.25, 0.3) is 0 Å². The molecule has 0 aromatic heterocycles. The maximum Gasteiger partial charge on any atom is 0.170 e. The minimum atomic E-state index is -0.576. The Kier molecular flexibility index (Phi) is 4.08. The van der Waals surface area contributed by atoms with Crippen LogP contribution in [0.1, 0.15) is 22.7 Å². The highest BCUT2D eigenvalue weighted by Gasteiger charge is 2.17. The molecular formula is C15H15ClFNO. The summed E-state index contributed by atoms with van der Waals surface area (Å²) in [5.41, 5.74) is 8.22. The third kappa shape index (κ3) is 2.72. The summed E-state index contributed by atoms with van der Waals surface area (Å²) in [6, 6.07) is 9.84. The molecule has 0 aliphatic rings. The van der Waals surface area contributed by atoms with Crippen LogP contribution in [0.5, 0.6) is 5.75 Å². The minimum Gasteiger partial charge on any atom is -0.494 e. The van der Waals surface area contributed by atoms with E-state index in [1.54, 1.807) is 24.3 Å². The number of ether oxygens (including phenoxy) is 1. The molecule has 0 bridgehead atoms. The van der Waals surface area contributed by atoms with Crippen molar-refractivity contribution < 1.29 is 9.13 Å². The van der Waals surface area contributed by atoms with Gasteiger partial charge in [0.2, 0.25) is 0 Å². The van der Waals surface area contributed by atoms with Crippen LogP contribution in [-0.2, 0) is 0 Å². The highest BCUT2D eigenvalue weighted by Crippen LogP contribution is 2.29. The Morgan fingerprint density at radius 1 is 1.26 bits per heavy atom. The molecule has 0 amide bonds. The van der Waals surface area contributed by atoms with Gasteiger partial charge in [-0.3, -0.25) is 0 Å². The van der Waals surface area contributed by atoms with E-state index in [4.69, 9.17) is 22.1 Å². The maximum atomic E-state index is 14.2. The van der Waals surface area contributed by atoms with Gasteiger partial charge in [0.05, 0.1) is 13.2 Å². The number of rotatable bonds is 3. The summed E-state index contributed by atoms with van der Waals surface area (Å²) in [7, 11) is 1.43. The molecule has 2 aromatic carbocycles. The van der Waals surface area contributed by atoms with E-state index in [0.29, 0.717) is 10.6 Å². The smallest absolute Gasteiger partial charge is 0.170 e. The van der Waals surface area contributed by atoms with Crippen molar-refractivity contribution in [1.29, 1.82) is 0 Å². The number of nitrogens with two attached hydrogens (primary N) is 1. The normalized spacial score (nSPS) is 12.3. The van der Waals surface area contributed by atoms with Crippen LogP contribution in [0.2, 0.25) is 5.02 Å². The second-order valence-electron chi connectivity index (χ2n) is 4.35. The van der Waals surface area contributed by atoms with Gasteiger partial charge in [0.25, 0.3) is 0 Å². The van der Waals surface area contributed by atoms with Gasteiger partial charge < -0.3 is 10.5 Å². The molecule has 1 unspecified atom stereocenters. The van der Waals surface area contributed by atoms with Gasteiger partial charge in [-0.2, -0.15) is 0 Å². The zero-order valence-corrected chi connectivity index (χ0v) is 11.5. The highest BCUT2D eigenvalue weighted by atomic mass is 35.5. The summed E-state index contributed by atoms with van der Waals surface area (Å²) in [5.74, 6) is -0.250. The van der Waals surface area contributed by atoms with Crippen LogP contribution in [-0.4, -0.2) is 7.11 Å². The van der Waals surface area contributed by atoms with Crippen molar-refractivity contribution in [3.63, 3.8) is 0 Å². The number of methoxy groups -OCH3 is 1. The number of benzene rings is 2. The van der Waals surface area contributed by atoms with Crippen LogP contribution in [0.3, 0.4) is 0 Å². The monoisotopic (exact) mass is 279 g/mol. The summed E-state index contributed by atoms with van der Waals surface area (Å²) >= 11 is 6.07. The fourth-order valence-corrected chi connectivity index (χ4v) is 2.10. The average Bonchev–Trinajstić information content (AvgIpc) is 2.41. The molecule has 0 aliphatic carbocycles. The molecule has 2 nitrogen and oxygen atoms in total. The second kappa shape index (κ2) is 5.59. The molecule has 0 aliphatic heterocycles.